The van der Waals surface area contributed by atoms with E-state index in [4.69, 9.17) is 0 Å². The molecule has 0 aliphatic rings. The van der Waals surface area contributed by atoms with Gasteiger partial charge in [0.15, 0.2) is 0 Å². The van der Waals surface area contributed by atoms with E-state index in [1.807, 2.05) is 0 Å². The van der Waals surface area contributed by atoms with Crippen LogP contribution in [0.15, 0.2) is 54.6 Å². The van der Waals surface area contributed by atoms with Crippen molar-refractivity contribution < 1.29 is 5.32 Å². The van der Waals surface area contributed by atoms with E-state index in [2.05, 4.69) is 73.9 Å². The first-order valence-corrected chi connectivity index (χ1v) is 7.74. The molecule has 1 unspecified atom stereocenters. The van der Waals surface area contributed by atoms with Crippen LogP contribution in [0.2, 0.25) is 0 Å². The van der Waals surface area contributed by atoms with Crippen LogP contribution in [0.1, 0.15) is 36.0 Å². The van der Waals surface area contributed by atoms with Crippen molar-refractivity contribution in [1.82, 2.24) is 0 Å². The summed E-state index contributed by atoms with van der Waals surface area (Å²) in [5.74, 6) is 0.625. The lowest BCUT2D eigenvalue weighted by Gasteiger charge is -2.17. The van der Waals surface area contributed by atoms with E-state index in [0.29, 0.717) is 5.92 Å². The second kappa shape index (κ2) is 7.86. The van der Waals surface area contributed by atoms with Crippen molar-refractivity contribution in [3.63, 3.8) is 0 Å². The summed E-state index contributed by atoms with van der Waals surface area (Å²) in [6.07, 6.45) is 3.50. The third kappa shape index (κ3) is 4.21. The fourth-order valence-corrected chi connectivity index (χ4v) is 2.74. The lowest BCUT2D eigenvalue weighted by atomic mass is 9.88. The molecule has 2 aromatic carbocycles. The maximum absolute atomic E-state index is 2.37. The Morgan fingerprint density at radius 1 is 0.950 bits per heavy atom. The van der Waals surface area contributed by atoms with Crippen LogP contribution in [0, 0.1) is 0 Å². The minimum Gasteiger partial charge on any atom is -0.349 e. The maximum Gasteiger partial charge on any atom is 0.0759 e. The van der Waals surface area contributed by atoms with Crippen LogP contribution in [0.4, 0.5) is 0 Å². The Balaban J connectivity index is 2.14. The fraction of sp³-hybridized carbons (Fsp3) is 0.368. The maximum atomic E-state index is 2.37. The minimum absolute atomic E-state index is 0.625. The molecule has 0 aromatic heterocycles. The monoisotopic (exact) mass is 268 g/mol. The predicted octanol–water partition coefficient (Wildman–Crippen LogP) is 3.16. The van der Waals surface area contributed by atoms with Gasteiger partial charge in [0.1, 0.15) is 0 Å². The molecule has 0 amide bonds. The molecule has 106 valence electrons. The highest BCUT2D eigenvalue weighted by atomic mass is 14.8. The number of hydrogen-bond donors (Lipinski definition) is 1. The van der Waals surface area contributed by atoms with Gasteiger partial charge in [-0.05, 0) is 35.4 Å². The topological polar surface area (TPSA) is 16.6 Å². The molecular weight excluding hydrogens is 242 g/mol. The van der Waals surface area contributed by atoms with Crippen molar-refractivity contribution in [3.05, 3.63) is 71.3 Å². The van der Waals surface area contributed by atoms with Gasteiger partial charge in [-0.25, -0.2) is 0 Å². The molecule has 2 aromatic rings. The standard InChI is InChI=1S/C19H25N/c1-3-16-8-7-9-17(14-16)15-19(12-13-20-2)18-10-5-4-6-11-18/h4-11,14,19-20H,3,12-13,15H2,1-2H3/p+1. The number of rotatable bonds is 7. The summed E-state index contributed by atoms with van der Waals surface area (Å²) in [6, 6.07) is 20.0. The SMILES string of the molecule is CCc1cccc(CC(CC[NH2+]C)c2ccccc2)c1. The normalized spacial score (nSPS) is 12.3. The third-order valence-corrected chi connectivity index (χ3v) is 3.96. The van der Waals surface area contributed by atoms with Gasteiger partial charge in [0, 0.05) is 6.42 Å². The highest BCUT2D eigenvalue weighted by molar-refractivity contribution is 5.27. The number of benzene rings is 2. The summed E-state index contributed by atoms with van der Waals surface area (Å²) >= 11 is 0. The average Bonchev–Trinajstić information content (AvgIpc) is 2.52. The van der Waals surface area contributed by atoms with E-state index in [-0.39, 0.29) is 0 Å². The van der Waals surface area contributed by atoms with Crippen molar-refractivity contribution in [1.29, 1.82) is 0 Å². The molecule has 0 spiro atoms. The Bertz CT molecular complexity index is 504. The molecule has 2 rings (SSSR count). The Morgan fingerprint density at radius 2 is 1.70 bits per heavy atom. The first-order chi connectivity index (χ1) is 9.83. The predicted molar refractivity (Wildman–Crippen MR) is 86.0 cm³/mol. The zero-order valence-electron chi connectivity index (χ0n) is 12.7. The lowest BCUT2D eigenvalue weighted by Crippen LogP contribution is -2.79. The number of nitrogens with two attached hydrogens (primary N) is 1. The zero-order valence-corrected chi connectivity index (χ0v) is 12.7. The molecule has 0 heterocycles. The van der Waals surface area contributed by atoms with E-state index in [9.17, 15) is 0 Å². The number of hydrogen-bond acceptors (Lipinski definition) is 0. The molecule has 1 atom stereocenters. The molecule has 0 bridgehead atoms. The van der Waals surface area contributed by atoms with Gasteiger partial charge >= 0.3 is 0 Å². The highest BCUT2D eigenvalue weighted by Crippen LogP contribution is 2.24. The van der Waals surface area contributed by atoms with Gasteiger partial charge in [0.2, 0.25) is 0 Å². The van der Waals surface area contributed by atoms with Crippen molar-refractivity contribution in [2.45, 2.75) is 32.1 Å². The average molecular weight is 268 g/mol. The first kappa shape index (κ1) is 14.8. The summed E-state index contributed by atoms with van der Waals surface area (Å²) in [7, 11) is 2.15. The first-order valence-electron chi connectivity index (χ1n) is 7.74. The van der Waals surface area contributed by atoms with Crippen LogP contribution in [-0.2, 0) is 12.8 Å². The van der Waals surface area contributed by atoms with Gasteiger partial charge < -0.3 is 5.32 Å². The Morgan fingerprint density at radius 3 is 2.40 bits per heavy atom. The molecule has 0 saturated heterocycles. The summed E-state index contributed by atoms with van der Waals surface area (Å²) < 4.78 is 0. The van der Waals surface area contributed by atoms with Crippen molar-refractivity contribution in [2.24, 2.45) is 0 Å². The largest absolute Gasteiger partial charge is 0.349 e. The summed E-state index contributed by atoms with van der Waals surface area (Å²) in [6.45, 7) is 3.41. The molecule has 0 aliphatic carbocycles. The summed E-state index contributed by atoms with van der Waals surface area (Å²) in [4.78, 5) is 0. The number of aryl methyl sites for hydroxylation is 1. The molecule has 0 radical (unpaired) electrons. The molecular formula is C19H26N+. The highest BCUT2D eigenvalue weighted by Gasteiger charge is 2.12. The Hall–Kier alpha value is -1.60. The second-order valence-electron chi connectivity index (χ2n) is 5.47. The molecule has 0 saturated carbocycles. The van der Waals surface area contributed by atoms with Gasteiger partial charge in [-0.2, -0.15) is 0 Å². The van der Waals surface area contributed by atoms with Crippen molar-refractivity contribution in [3.8, 4) is 0 Å². The van der Waals surface area contributed by atoms with Crippen LogP contribution in [0.5, 0.6) is 0 Å². The van der Waals surface area contributed by atoms with E-state index in [0.717, 1.165) is 12.8 Å². The Kier molecular flexibility index (Phi) is 5.82. The Labute approximate surface area is 123 Å². The van der Waals surface area contributed by atoms with Crippen LogP contribution in [0.3, 0.4) is 0 Å². The van der Waals surface area contributed by atoms with E-state index >= 15 is 0 Å². The molecule has 0 aliphatic heterocycles. The number of quaternary nitrogens is 1. The third-order valence-electron chi connectivity index (χ3n) is 3.96. The molecule has 0 fully saturated rings. The second-order valence-corrected chi connectivity index (χ2v) is 5.47. The van der Waals surface area contributed by atoms with Gasteiger partial charge in [0.05, 0.1) is 13.6 Å². The van der Waals surface area contributed by atoms with Crippen LogP contribution < -0.4 is 5.32 Å². The van der Waals surface area contributed by atoms with Crippen molar-refractivity contribution in [2.75, 3.05) is 13.6 Å². The smallest absolute Gasteiger partial charge is 0.0759 e. The van der Waals surface area contributed by atoms with E-state index in [1.54, 1.807) is 0 Å². The quantitative estimate of drug-likeness (QED) is 0.794. The molecule has 1 heteroatoms. The van der Waals surface area contributed by atoms with Crippen LogP contribution in [-0.4, -0.2) is 13.6 Å². The van der Waals surface area contributed by atoms with Crippen molar-refractivity contribution >= 4 is 0 Å². The van der Waals surface area contributed by atoms with Crippen LogP contribution in [0.25, 0.3) is 0 Å². The van der Waals surface area contributed by atoms with Gasteiger partial charge in [0.25, 0.3) is 0 Å². The van der Waals surface area contributed by atoms with E-state index < -0.39 is 0 Å². The summed E-state index contributed by atoms with van der Waals surface area (Å²) in [5.41, 5.74) is 4.38. The molecule has 1 nitrogen and oxygen atoms in total. The molecule has 2 N–H and O–H groups in total. The summed E-state index contributed by atoms with van der Waals surface area (Å²) in [5, 5.41) is 2.28. The van der Waals surface area contributed by atoms with Gasteiger partial charge in [-0.1, -0.05) is 61.5 Å². The van der Waals surface area contributed by atoms with Gasteiger partial charge in [-0.15, -0.1) is 0 Å². The lowest BCUT2D eigenvalue weighted by molar-refractivity contribution is -0.627. The van der Waals surface area contributed by atoms with E-state index in [1.165, 1.54) is 29.7 Å². The zero-order chi connectivity index (χ0) is 14.2. The molecule has 20 heavy (non-hydrogen) atoms. The van der Waals surface area contributed by atoms with Crippen LogP contribution >= 0.6 is 0 Å². The van der Waals surface area contributed by atoms with Gasteiger partial charge in [-0.3, -0.25) is 0 Å². The minimum atomic E-state index is 0.625. The fourth-order valence-electron chi connectivity index (χ4n) is 2.74.